The molecule has 0 saturated heterocycles. The number of nitrogens with zero attached hydrogens (tertiary/aromatic N) is 1. The molecule has 2 aromatic rings. The zero-order chi connectivity index (χ0) is 18.2. The van der Waals surface area contributed by atoms with Crippen LogP contribution in [0.15, 0.2) is 42.5 Å². The number of anilines is 1. The number of hydrogen-bond donors (Lipinski definition) is 0. The highest BCUT2D eigenvalue weighted by Gasteiger charge is 2.36. The van der Waals surface area contributed by atoms with Crippen molar-refractivity contribution < 1.29 is 27.4 Å². The van der Waals surface area contributed by atoms with Gasteiger partial charge in [0.15, 0.2) is 6.10 Å². The number of para-hydroxylation sites is 1. The number of rotatable bonds is 3. The van der Waals surface area contributed by atoms with Gasteiger partial charge in [-0.1, -0.05) is 18.2 Å². The van der Waals surface area contributed by atoms with Crippen LogP contribution in [0.1, 0.15) is 18.1 Å². The SMILES string of the molecule is COc1ccccc1CN1C(=O)C(C)Oc2ccc(C(F)(F)F)cc21. The van der Waals surface area contributed by atoms with Gasteiger partial charge in [-0.2, -0.15) is 13.2 Å². The van der Waals surface area contributed by atoms with Crippen molar-refractivity contribution in [3.63, 3.8) is 0 Å². The summed E-state index contributed by atoms with van der Waals surface area (Å²) in [6.07, 6.45) is -5.28. The molecule has 0 saturated carbocycles. The van der Waals surface area contributed by atoms with E-state index in [1.807, 2.05) is 0 Å². The molecule has 0 fully saturated rings. The largest absolute Gasteiger partial charge is 0.496 e. The summed E-state index contributed by atoms with van der Waals surface area (Å²) in [6.45, 7) is 1.66. The molecule has 0 spiro atoms. The Bertz CT molecular complexity index is 804. The maximum Gasteiger partial charge on any atom is 0.416 e. The Balaban J connectivity index is 2.05. The molecule has 0 radical (unpaired) electrons. The topological polar surface area (TPSA) is 38.8 Å². The first-order chi connectivity index (χ1) is 11.8. The number of ether oxygens (including phenoxy) is 2. The van der Waals surface area contributed by atoms with Gasteiger partial charge in [0.25, 0.3) is 5.91 Å². The first kappa shape index (κ1) is 17.1. The van der Waals surface area contributed by atoms with Gasteiger partial charge < -0.3 is 14.4 Å². The van der Waals surface area contributed by atoms with Crippen molar-refractivity contribution in [2.75, 3.05) is 12.0 Å². The molecule has 7 heteroatoms. The smallest absolute Gasteiger partial charge is 0.416 e. The number of carbonyl (C=O) groups excluding carboxylic acids is 1. The van der Waals surface area contributed by atoms with Crippen molar-refractivity contribution in [1.29, 1.82) is 0 Å². The van der Waals surface area contributed by atoms with Crippen LogP contribution in [0.5, 0.6) is 11.5 Å². The van der Waals surface area contributed by atoms with Gasteiger partial charge in [0.2, 0.25) is 0 Å². The van der Waals surface area contributed by atoms with Gasteiger partial charge in [-0.3, -0.25) is 4.79 Å². The van der Waals surface area contributed by atoms with E-state index in [4.69, 9.17) is 9.47 Å². The number of halogens is 3. The number of amides is 1. The van der Waals surface area contributed by atoms with E-state index >= 15 is 0 Å². The van der Waals surface area contributed by atoms with Crippen LogP contribution in [-0.2, 0) is 17.5 Å². The van der Waals surface area contributed by atoms with E-state index in [1.165, 1.54) is 18.1 Å². The summed E-state index contributed by atoms with van der Waals surface area (Å²) in [7, 11) is 1.50. The first-order valence-electron chi connectivity index (χ1n) is 7.62. The third-order valence-corrected chi connectivity index (χ3v) is 4.02. The van der Waals surface area contributed by atoms with Crippen LogP contribution in [0.2, 0.25) is 0 Å². The highest BCUT2D eigenvalue weighted by molar-refractivity contribution is 5.99. The second-order valence-corrected chi connectivity index (χ2v) is 5.68. The van der Waals surface area contributed by atoms with Crippen LogP contribution in [0.3, 0.4) is 0 Å². The van der Waals surface area contributed by atoms with Crippen LogP contribution in [-0.4, -0.2) is 19.1 Å². The predicted molar refractivity (Wildman–Crippen MR) is 85.7 cm³/mol. The van der Waals surface area contributed by atoms with Gasteiger partial charge in [-0.15, -0.1) is 0 Å². The molecule has 25 heavy (non-hydrogen) atoms. The summed E-state index contributed by atoms with van der Waals surface area (Å²) in [5, 5.41) is 0. The number of methoxy groups -OCH3 is 1. The third-order valence-electron chi connectivity index (χ3n) is 4.02. The highest BCUT2D eigenvalue weighted by atomic mass is 19.4. The molecular formula is C18H16F3NO3. The summed E-state index contributed by atoms with van der Waals surface area (Å²) < 4.78 is 49.8. The lowest BCUT2D eigenvalue weighted by atomic mass is 10.1. The quantitative estimate of drug-likeness (QED) is 0.838. The summed E-state index contributed by atoms with van der Waals surface area (Å²) in [4.78, 5) is 13.8. The Labute approximate surface area is 142 Å². The zero-order valence-electron chi connectivity index (χ0n) is 13.6. The van der Waals surface area contributed by atoms with E-state index in [2.05, 4.69) is 0 Å². The van der Waals surface area contributed by atoms with Crippen LogP contribution >= 0.6 is 0 Å². The normalized spacial score (nSPS) is 17.1. The average molecular weight is 351 g/mol. The van der Waals surface area contributed by atoms with Crippen LogP contribution < -0.4 is 14.4 Å². The number of hydrogen-bond acceptors (Lipinski definition) is 3. The zero-order valence-corrected chi connectivity index (χ0v) is 13.6. The van der Waals surface area contributed by atoms with Crippen molar-refractivity contribution in [2.45, 2.75) is 25.7 Å². The lowest BCUT2D eigenvalue weighted by Gasteiger charge is -2.33. The van der Waals surface area contributed by atoms with Crippen LogP contribution in [0.4, 0.5) is 18.9 Å². The van der Waals surface area contributed by atoms with Gasteiger partial charge in [0.1, 0.15) is 11.5 Å². The van der Waals surface area contributed by atoms with Gasteiger partial charge in [-0.05, 0) is 31.2 Å². The Hall–Kier alpha value is -2.70. The number of alkyl halides is 3. The molecule has 2 aromatic carbocycles. The van der Waals surface area contributed by atoms with Crippen molar-refractivity contribution in [3.8, 4) is 11.5 Å². The van der Waals surface area contributed by atoms with Gasteiger partial charge in [-0.25, -0.2) is 0 Å². The van der Waals surface area contributed by atoms with Gasteiger partial charge in [0.05, 0.1) is 24.9 Å². The molecule has 0 N–H and O–H groups in total. The van der Waals surface area contributed by atoms with Crippen LogP contribution in [0.25, 0.3) is 0 Å². The molecular weight excluding hydrogens is 335 g/mol. The average Bonchev–Trinajstić information content (AvgIpc) is 2.58. The van der Waals surface area contributed by atoms with E-state index in [-0.39, 0.29) is 18.0 Å². The number of fused-ring (bicyclic) bond motifs is 1. The van der Waals surface area contributed by atoms with Crippen LogP contribution in [0, 0.1) is 0 Å². The van der Waals surface area contributed by atoms with E-state index < -0.39 is 23.8 Å². The molecule has 1 aliphatic rings. The second-order valence-electron chi connectivity index (χ2n) is 5.68. The van der Waals surface area contributed by atoms with Crippen molar-refractivity contribution >= 4 is 11.6 Å². The fourth-order valence-corrected chi connectivity index (χ4v) is 2.75. The molecule has 4 nitrogen and oxygen atoms in total. The van der Waals surface area contributed by atoms with E-state index in [0.717, 1.165) is 12.1 Å². The molecule has 1 aliphatic heterocycles. The maximum absolute atomic E-state index is 13.0. The molecule has 1 unspecified atom stereocenters. The minimum absolute atomic E-state index is 0.0882. The maximum atomic E-state index is 13.0. The standard InChI is InChI=1S/C18H16F3NO3/c1-11-17(23)22(10-12-5-3-4-6-15(12)24-2)14-9-13(18(19,20)21)7-8-16(14)25-11/h3-9,11H,10H2,1-2H3. The number of benzene rings is 2. The Morgan fingerprint density at radius 2 is 1.92 bits per heavy atom. The minimum atomic E-state index is -4.50. The molecule has 0 aliphatic carbocycles. The lowest BCUT2D eigenvalue weighted by Crippen LogP contribution is -2.44. The van der Waals surface area contributed by atoms with Gasteiger partial charge >= 0.3 is 6.18 Å². The highest BCUT2D eigenvalue weighted by Crippen LogP contribution is 2.40. The number of carbonyl (C=O) groups is 1. The fraction of sp³-hybridized carbons (Fsp3) is 0.278. The monoisotopic (exact) mass is 351 g/mol. The molecule has 1 heterocycles. The van der Waals surface area contributed by atoms with Crippen molar-refractivity contribution in [2.24, 2.45) is 0 Å². The molecule has 0 aromatic heterocycles. The van der Waals surface area contributed by atoms with Crippen molar-refractivity contribution in [1.82, 2.24) is 0 Å². The summed E-state index contributed by atoms with van der Waals surface area (Å²) >= 11 is 0. The molecule has 1 amide bonds. The molecule has 3 rings (SSSR count). The lowest BCUT2D eigenvalue weighted by molar-refractivity contribution is -0.137. The minimum Gasteiger partial charge on any atom is -0.496 e. The van der Waals surface area contributed by atoms with Crippen molar-refractivity contribution in [3.05, 3.63) is 53.6 Å². The van der Waals surface area contributed by atoms with E-state index in [0.29, 0.717) is 11.3 Å². The summed E-state index contributed by atoms with van der Waals surface area (Å²) in [6, 6.07) is 10.2. The molecule has 0 bridgehead atoms. The third kappa shape index (κ3) is 3.26. The summed E-state index contributed by atoms with van der Waals surface area (Å²) in [5.41, 5.74) is -0.0399. The fourth-order valence-electron chi connectivity index (χ4n) is 2.75. The van der Waals surface area contributed by atoms with Gasteiger partial charge in [0, 0.05) is 5.56 Å². The Kier molecular flexibility index (Phi) is 4.32. The summed E-state index contributed by atoms with van der Waals surface area (Å²) in [5.74, 6) is 0.399. The van der Waals surface area contributed by atoms with E-state index in [1.54, 1.807) is 31.2 Å². The Morgan fingerprint density at radius 1 is 1.20 bits per heavy atom. The molecule has 1 atom stereocenters. The second kappa shape index (κ2) is 6.31. The first-order valence-corrected chi connectivity index (χ1v) is 7.62. The molecule has 132 valence electrons. The van der Waals surface area contributed by atoms with E-state index in [9.17, 15) is 18.0 Å². The predicted octanol–water partition coefficient (Wildman–Crippen LogP) is 4.03. The Morgan fingerprint density at radius 3 is 2.60 bits per heavy atom.